The van der Waals surface area contributed by atoms with Crippen molar-refractivity contribution in [2.24, 2.45) is 0 Å². The maximum Gasteiger partial charge on any atom is 0.377 e. The summed E-state index contributed by atoms with van der Waals surface area (Å²) in [6, 6.07) is 0. The Hall–Kier alpha value is -2.32. The molecular formula is C21H34O12Si. The number of aliphatic hydroxyl groups is 5. The molecule has 12 nitrogen and oxygen atoms in total. The van der Waals surface area contributed by atoms with Crippen LogP contribution in [0.4, 0.5) is 0 Å². The van der Waals surface area contributed by atoms with Crippen molar-refractivity contribution in [1.82, 2.24) is 0 Å². The van der Waals surface area contributed by atoms with Gasteiger partial charge in [-0.2, -0.15) is 0 Å². The second-order valence-electron chi connectivity index (χ2n) is 10.1. The summed E-state index contributed by atoms with van der Waals surface area (Å²) in [6.07, 6.45) is -4.17. The van der Waals surface area contributed by atoms with Gasteiger partial charge in [-0.15, -0.1) is 0 Å². The van der Waals surface area contributed by atoms with E-state index in [0.29, 0.717) is 0 Å². The van der Waals surface area contributed by atoms with Gasteiger partial charge in [-0.1, -0.05) is 20.8 Å². The van der Waals surface area contributed by atoms with Crippen LogP contribution in [0.1, 0.15) is 34.6 Å². The predicted octanol–water partition coefficient (Wildman–Crippen LogP) is 1.45. The average Bonchev–Trinajstić information content (AvgIpc) is 3.31. The Kier molecular flexibility index (Phi) is 7.99. The predicted molar refractivity (Wildman–Crippen MR) is 118 cm³/mol. The van der Waals surface area contributed by atoms with Gasteiger partial charge in [-0.3, -0.25) is 0 Å². The SMILES string of the molecule is CC(C)(C)[Si](C)(C)OC1=C(O)[C@@H]([C@@H](O)CO)OC1=O.CC1(C)OC[C@@H]([C@H]2OC(=O)C(O)=C2O)O1. The van der Waals surface area contributed by atoms with Crippen LogP contribution >= 0.6 is 0 Å². The Labute approximate surface area is 198 Å². The zero-order chi connectivity index (χ0) is 26.2. The van der Waals surface area contributed by atoms with Gasteiger partial charge >= 0.3 is 11.9 Å². The van der Waals surface area contributed by atoms with Crippen molar-refractivity contribution in [2.45, 2.75) is 83.0 Å². The van der Waals surface area contributed by atoms with Crippen LogP contribution in [-0.4, -0.2) is 89.2 Å². The van der Waals surface area contributed by atoms with E-state index in [0.717, 1.165) is 0 Å². The van der Waals surface area contributed by atoms with Crippen LogP contribution < -0.4 is 0 Å². The first kappa shape index (κ1) is 27.9. The highest BCUT2D eigenvalue weighted by Gasteiger charge is 2.47. The lowest BCUT2D eigenvalue weighted by Crippen LogP contribution is -2.41. The number of esters is 2. The van der Waals surface area contributed by atoms with Crippen LogP contribution in [0.2, 0.25) is 18.1 Å². The van der Waals surface area contributed by atoms with Crippen LogP contribution in [0.3, 0.4) is 0 Å². The third-order valence-electron chi connectivity index (χ3n) is 5.93. The smallest absolute Gasteiger partial charge is 0.377 e. The number of carbonyl (C=O) groups excluding carboxylic acids is 2. The molecule has 0 saturated carbocycles. The lowest BCUT2D eigenvalue weighted by Gasteiger charge is -2.36. The highest BCUT2D eigenvalue weighted by atomic mass is 28.4. The second-order valence-corrected chi connectivity index (χ2v) is 14.8. The van der Waals surface area contributed by atoms with E-state index in [1.807, 2.05) is 33.9 Å². The first-order valence-electron chi connectivity index (χ1n) is 10.7. The first-order chi connectivity index (χ1) is 15.4. The van der Waals surface area contributed by atoms with Gasteiger partial charge in [-0.05, 0) is 32.0 Å². The molecule has 0 unspecified atom stereocenters. The molecule has 3 heterocycles. The minimum absolute atomic E-state index is 0.145. The zero-order valence-corrected chi connectivity index (χ0v) is 21.3. The molecule has 0 aromatic heterocycles. The van der Waals surface area contributed by atoms with Gasteiger partial charge in [0.1, 0.15) is 12.2 Å². The summed E-state index contributed by atoms with van der Waals surface area (Å²) in [5.41, 5.74) is 0. The summed E-state index contributed by atoms with van der Waals surface area (Å²) in [4.78, 5) is 22.6. The van der Waals surface area contributed by atoms with Gasteiger partial charge in [0.15, 0.2) is 29.5 Å². The summed E-state index contributed by atoms with van der Waals surface area (Å²) in [6.45, 7) is 12.9. The van der Waals surface area contributed by atoms with Crippen LogP contribution in [-0.2, 0) is 33.0 Å². The molecule has 0 aromatic carbocycles. The maximum absolute atomic E-state index is 11.7. The van der Waals surface area contributed by atoms with Crippen molar-refractivity contribution in [3.05, 3.63) is 23.0 Å². The van der Waals surface area contributed by atoms with E-state index in [9.17, 15) is 24.9 Å². The van der Waals surface area contributed by atoms with Crippen molar-refractivity contribution in [3.8, 4) is 0 Å². The zero-order valence-electron chi connectivity index (χ0n) is 20.3. The number of hydrogen-bond acceptors (Lipinski definition) is 12. The number of rotatable bonds is 5. The monoisotopic (exact) mass is 506 g/mol. The van der Waals surface area contributed by atoms with Crippen molar-refractivity contribution in [2.75, 3.05) is 13.2 Å². The van der Waals surface area contributed by atoms with Gasteiger partial charge in [0.25, 0.3) is 8.32 Å². The number of aliphatic hydroxyl groups excluding tert-OH is 5. The third kappa shape index (κ3) is 5.83. The Morgan fingerprint density at radius 3 is 2.09 bits per heavy atom. The Bertz CT molecular complexity index is 869. The van der Waals surface area contributed by atoms with Gasteiger partial charge in [0.2, 0.25) is 11.5 Å². The molecule has 3 aliphatic heterocycles. The van der Waals surface area contributed by atoms with Crippen molar-refractivity contribution < 1.29 is 58.5 Å². The summed E-state index contributed by atoms with van der Waals surface area (Å²) in [5.74, 6) is -4.46. The van der Waals surface area contributed by atoms with Crippen molar-refractivity contribution in [3.63, 3.8) is 0 Å². The van der Waals surface area contributed by atoms with Gasteiger partial charge in [0.05, 0.1) is 13.2 Å². The molecule has 13 heteroatoms. The van der Waals surface area contributed by atoms with Crippen molar-refractivity contribution >= 4 is 20.3 Å². The Morgan fingerprint density at radius 2 is 1.68 bits per heavy atom. The highest BCUT2D eigenvalue weighted by molar-refractivity contribution is 6.74. The van der Waals surface area contributed by atoms with E-state index >= 15 is 0 Å². The lowest BCUT2D eigenvalue weighted by atomic mass is 10.2. The van der Waals surface area contributed by atoms with E-state index in [4.69, 9.17) is 33.6 Å². The molecular weight excluding hydrogens is 472 g/mol. The molecule has 0 aliphatic carbocycles. The number of carbonyl (C=O) groups is 2. The molecule has 5 N–H and O–H groups in total. The fourth-order valence-electron chi connectivity index (χ4n) is 2.90. The molecule has 0 aromatic rings. The van der Waals surface area contributed by atoms with Crippen LogP contribution in [0, 0.1) is 0 Å². The van der Waals surface area contributed by atoms with Gasteiger partial charge in [-0.25, -0.2) is 9.59 Å². The molecule has 1 fully saturated rings. The van der Waals surface area contributed by atoms with E-state index in [-0.39, 0.29) is 17.4 Å². The van der Waals surface area contributed by atoms with Crippen molar-refractivity contribution in [1.29, 1.82) is 0 Å². The van der Waals surface area contributed by atoms with Gasteiger partial charge < -0.3 is 48.9 Å². The highest BCUT2D eigenvalue weighted by Crippen LogP contribution is 2.39. The van der Waals surface area contributed by atoms with Crippen LogP contribution in [0.5, 0.6) is 0 Å². The van der Waals surface area contributed by atoms with Crippen LogP contribution in [0.15, 0.2) is 23.0 Å². The molecule has 0 bridgehead atoms. The Morgan fingerprint density at radius 1 is 1.09 bits per heavy atom. The molecule has 0 spiro atoms. The summed E-state index contributed by atoms with van der Waals surface area (Å²) < 4.78 is 25.9. The summed E-state index contributed by atoms with van der Waals surface area (Å²) in [7, 11) is -2.29. The fraction of sp³-hybridized carbons (Fsp3) is 0.714. The Balaban J connectivity index is 0.000000246. The molecule has 34 heavy (non-hydrogen) atoms. The third-order valence-corrected chi connectivity index (χ3v) is 10.3. The molecule has 0 amide bonds. The summed E-state index contributed by atoms with van der Waals surface area (Å²) >= 11 is 0. The normalized spacial score (nSPS) is 27.9. The first-order valence-corrected chi connectivity index (χ1v) is 13.6. The standard InChI is InChI=1S/C12H22O6Si.C9H12O6/c1-12(2,3)19(4,5)18-10-8(15)9(7(14)6-13)17-11(10)16;1-9(2)13-3-4(15-9)7-5(10)6(11)8(12)14-7/h7,9,13-15H,6H2,1-5H3;4,7,10-11H,3H2,1-2H3/t7-,9+;4-,7+/m00/s1. The number of cyclic esters (lactones) is 2. The van der Waals surface area contributed by atoms with E-state index in [2.05, 4.69) is 0 Å². The lowest BCUT2D eigenvalue weighted by molar-refractivity contribution is -0.163. The quantitative estimate of drug-likeness (QED) is 0.268. The fourth-order valence-corrected chi connectivity index (χ4v) is 3.90. The molecule has 3 rings (SSSR count). The van der Waals surface area contributed by atoms with Gasteiger partial charge in [0, 0.05) is 0 Å². The molecule has 4 atom stereocenters. The van der Waals surface area contributed by atoms with E-state index in [1.165, 1.54) is 0 Å². The number of hydrogen-bond donors (Lipinski definition) is 5. The average molecular weight is 507 g/mol. The van der Waals surface area contributed by atoms with Crippen LogP contribution in [0.25, 0.3) is 0 Å². The topological polar surface area (TPSA) is 181 Å². The maximum atomic E-state index is 11.7. The minimum atomic E-state index is -2.29. The van der Waals surface area contributed by atoms with E-state index < -0.39 is 74.3 Å². The largest absolute Gasteiger partial charge is 0.536 e. The minimum Gasteiger partial charge on any atom is -0.536 e. The summed E-state index contributed by atoms with van der Waals surface area (Å²) in [5, 5.41) is 46.6. The molecule has 1 saturated heterocycles. The molecule has 0 radical (unpaired) electrons. The van der Waals surface area contributed by atoms with E-state index in [1.54, 1.807) is 13.8 Å². The molecule has 194 valence electrons. The number of ether oxygens (including phenoxy) is 4. The molecule has 3 aliphatic rings. The second kappa shape index (κ2) is 9.74.